The summed E-state index contributed by atoms with van der Waals surface area (Å²) in [5.41, 5.74) is 0.833. The highest BCUT2D eigenvalue weighted by molar-refractivity contribution is 7.89. The maximum Gasteiger partial charge on any atom is 0.229 e. The zero-order valence-electron chi connectivity index (χ0n) is 9.87. The first-order valence-electron chi connectivity index (χ1n) is 5.23. The van der Waals surface area contributed by atoms with Gasteiger partial charge in [-0.15, -0.1) is 0 Å². The van der Waals surface area contributed by atoms with Gasteiger partial charge in [0.05, 0.1) is 6.07 Å². The largest absolute Gasteiger partial charge is 0.261 e. The summed E-state index contributed by atoms with van der Waals surface area (Å²) in [6.07, 6.45) is 2.20. The van der Waals surface area contributed by atoms with E-state index >= 15 is 0 Å². The number of rotatable bonds is 5. The predicted molar refractivity (Wildman–Crippen MR) is 64.6 cm³/mol. The van der Waals surface area contributed by atoms with Crippen molar-refractivity contribution in [3.05, 3.63) is 30.1 Å². The molecule has 0 N–H and O–H groups in total. The molecule has 0 radical (unpaired) electrons. The molecule has 0 aliphatic carbocycles. The van der Waals surface area contributed by atoms with Gasteiger partial charge in [0.2, 0.25) is 10.0 Å². The van der Waals surface area contributed by atoms with Crippen LogP contribution >= 0.6 is 0 Å². The topological polar surface area (TPSA) is 74.1 Å². The Balaban J connectivity index is 2.63. The van der Waals surface area contributed by atoms with Crippen molar-refractivity contribution < 1.29 is 8.42 Å². The van der Waals surface area contributed by atoms with E-state index in [1.807, 2.05) is 18.2 Å². The van der Waals surface area contributed by atoms with Crippen LogP contribution in [0.25, 0.3) is 0 Å². The Morgan fingerprint density at radius 2 is 2.24 bits per heavy atom. The number of aromatic nitrogens is 1. The van der Waals surface area contributed by atoms with Gasteiger partial charge >= 0.3 is 0 Å². The number of hydrogen-bond acceptors (Lipinski definition) is 4. The molecule has 0 spiro atoms. The summed E-state index contributed by atoms with van der Waals surface area (Å²) in [5.74, 6) is 0. The molecule has 0 aromatic carbocycles. The van der Waals surface area contributed by atoms with E-state index in [-0.39, 0.29) is 0 Å². The Morgan fingerprint density at radius 3 is 2.76 bits per heavy atom. The number of nitrogens with zero attached hydrogens (tertiary/aromatic N) is 3. The van der Waals surface area contributed by atoms with E-state index in [1.54, 1.807) is 12.3 Å². The van der Waals surface area contributed by atoms with Crippen LogP contribution in [-0.2, 0) is 16.4 Å². The molecule has 1 unspecified atom stereocenters. The fourth-order valence-electron chi connectivity index (χ4n) is 1.28. The molecule has 92 valence electrons. The van der Waals surface area contributed by atoms with Crippen molar-refractivity contribution in [1.82, 2.24) is 9.29 Å². The highest BCUT2D eigenvalue weighted by Gasteiger charge is 2.25. The maximum absolute atomic E-state index is 11.8. The van der Waals surface area contributed by atoms with Gasteiger partial charge in [0.1, 0.15) is 0 Å². The summed E-state index contributed by atoms with van der Waals surface area (Å²) in [6.45, 7) is 1.71. The van der Waals surface area contributed by atoms with Gasteiger partial charge in [-0.05, 0) is 19.1 Å². The zero-order valence-corrected chi connectivity index (χ0v) is 10.7. The van der Waals surface area contributed by atoms with E-state index < -0.39 is 15.3 Å². The van der Waals surface area contributed by atoms with Gasteiger partial charge in [-0.25, -0.2) is 12.7 Å². The second-order valence-corrected chi connectivity index (χ2v) is 6.07. The van der Waals surface area contributed by atoms with E-state index in [4.69, 9.17) is 5.26 Å². The lowest BCUT2D eigenvalue weighted by Gasteiger charge is -2.17. The van der Waals surface area contributed by atoms with Crippen molar-refractivity contribution in [2.24, 2.45) is 0 Å². The fraction of sp³-hybridized carbons (Fsp3) is 0.455. The summed E-state index contributed by atoms with van der Waals surface area (Å²) in [5, 5.41) is 7.62. The number of likely N-dealkylation sites (N-methyl/N-ethyl adjacent to an activating group) is 1. The van der Waals surface area contributed by atoms with Gasteiger partial charge in [0.25, 0.3) is 0 Å². The molecule has 0 aliphatic heterocycles. The molecule has 5 nitrogen and oxygen atoms in total. The molecule has 6 heteroatoms. The molecule has 1 aromatic rings. The van der Waals surface area contributed by atoms with E-state index in [1.165, 1.54) is 18.3 Å². The van der Waals surface area contributed by atoms with Gasteiger partial charge in [-0.1, -0.05) is 6.07 Å². The minimum Gasteiger partial charge on any atom is -0.261 e. The van der Waals surface area contributed by atoms with Crippen LogP contribution in [0.1, 0.15) is 12.6 Å². The highest BCUT2D eigenvalue weighted by atomic mass is 32.2. The lowest BCUT2D eigenvalue weighted by atomic mass is 10.3. The number of hydrogen-bond donors (Lipinski definition) is 0. The molecule has 1 heterocycles. The normalized spacial score (nSPS) is 13.3. The second kappa shape index (κ2) is 5.75. The Labute approximate surface area is 102 Å². The van der Waals surface area contributed by atoms with Crippen molar-refractivity contribution >= 4 is 10.0 Å². The first-order chi connectivity index (χ1) is 7.98. The Bertz CT molecular complexity index is 493. The van der Waals surface area contributed by atoms with Gasteiger partial charge < -0.3 is 0 Å². The number of nitriles is 1. The van der Waals surface area contributed by atoms with E-state index in [9.17, 15) is 8.42 Å². The van der Waals surface area contributed by atoms with Gasteiger partial charge in [0.15, 0.2) is 5.25 Å². The molecule has 1 aromatic heterocycles. The molecule has 0 fully saturated rings. The quantitative estimate of drug-likeness (QED) is 0.778. The second-order valence-electron chi connectivity index (χ2n) is 3.71. The minimum atomic E-state index is -3.51. The van der Waals surface area contributed by atoms with Crippen LogP contribution in [0.2, 0.25) is 0 Å². The van der Waals surface area contributed by atoms with Gasteiger partial charge in [-0.2, -0.15) is 5.26 Å². The lowest BCUT2D eigenvalue weighted by molar-refractivity contribution is 0.467. The lowest BCUT2D eigenvalue weighted by Crippen LogP contribution is -2.35. The predicted octanol–water partition coefficient (Wildman–Crippen LogP) is 0.798. The molecule has 0 saturated carbocycles. The monoisotopic (exact) mass is 253 g/mol. The number of sulfonamides is 1. The first-order valence-corrected chi connectivity index (χ1v) is 6.73. The average molecular weight is 253 g/mol. The Kier molecular flexibility index (Phi) is 4.61. The summed E-state index contributed by atoms with van der Waals surface area (Å²) >= 11 is 0. The third-order valence-electron chi connectivity index (χ3n) is 2.47. The summed E-state index contributed by atoms with van der Waals surface area (Å²) in [7, 11) is -2.04. The van der Waals surface area contributed by atoms with E-state index in [0.717, 1.165) is 5.69 Å². The molecular weight excluding hydrogens is 238 g/mol. The van der Waals surface area contributed by atoms with Crippen LogP contribution in [0.15, 0.2) is 24.4 Å². The summed E-state index contributed by atoms with van der Waals surface area (Å²) in [4.78, 5) is 4.11. The average Bonchev–Trinajstić information content (AvgIpc) is 2.35. The van der Waals surface area contributed by atoms with Crippen LogP contribution in [0, 0.1) is 11.3 Å². The third kappa shape index (κ3) is 3.51. The van der Waals surface area contributed by atoms with Crippen molar-refractivity contribution in [2.45, 2.75) is 18.6 Å². The van der Waals surface area contributed by atoms with Crippen LogP contribution < -0.4 is 0 Å². The first kappa shape index (κ1) is 13.6. The fourth-order valence-corrected chi connectivity index (χ4v) is 2.30. The standard InChI is InChI=1S/C11H15N3O2S/c1-10(9-12)17(15,16)14(2)8-6-11-5-3-4-7-13-11/h3-5,7,10H,6,8H2,1-2H3. The van der Waals surface area contributed by atoms with Crippen LogP contribution in [0.5, 0.6) is 0 Å². The van der Waals surface area contributed by atoms with Crippen LogP contribution in [-0.4, -0.2) is 36.5 Å². The molecule has 1 rings (SSSR count). The molecule has 0 saturated heterocycles. The van der Waals surface area contributed by atoms with E-state index in [0.29, 0.717) is 13.0 Å². The molecule has 0 bridgehead atoms. The minimum absolute atomic E-state index is 0.325. The van der Waals surface area contributed by atoms with Crippen molar-refractivity contribution in [2.75, 3.05) is 13.6 Å². The van der Waals surface area contributed by atoms with Crippen molar-refractivity contribution in [3.8, 4) is 6.07 Å². The number of pyridine rings is 1. The summed E-state index contributed by atoms with van der Waals surface area (Å²) < 4.78 is 24.7. The third-order valence-corrected chi connectivity index (χ3v) is 4.52. The Morgan fingerprint density at radius 1 is 1.53 bits per heavy atom. The molecule has 17 heavy (non-hydrogen) atoms. The molecule has 0 amide bonds. The van der Waals surface area contributed by atoms with Crippen molar-refractivity contribution in [3.63, 3.8) is 0 Å². The highest BCUT2D eigenvalue weighted by Crippen LogP contribution is 2.07. The maximum atomic E-state index is 11.8. The van der Waals surface area contributed by atoms with E-state index in [2.05, 4.69) is 4.98 Å². The molecular formula is C11H15N3O2S. The summed E-state index contributed by atoms with van der Waals surface area (Å²) in [6, 6.07) is 7.24. The molecule has 0 aliphatic rings. The van der Waals surface area contributed by atoms with Gasteiger partial charge in [-0.3, -0.25) is 4.98 Å². The Hall–Kier alpha value is -1.45. The van der Waals surface area contributed by atoms with Crippen molar-refractivity contribution in [1.29, 1.82) is 5.26 Å². The van der Waals surface area contributed by atoms with Crippen LogP contribution in [0.3, 0.4) is 0 Å². The SMILES string of the molecule is CC(C#N)S(=O)(=O)N(C)CCc1ccccn1. The van der Waals surface area contributed by atoms with Crippen LogP contribution in [0.4, 0.5) is 0 Å². The smallest absolute Gasteiger partial charge is 0.229 e. The molecule has 1 atom stereocenters. The van der Waals surface area contributed by atoms with Gasteiger partial charge in [0, 0.05) is 31.9 Å². The zero-order chi connectivity index (χ0) is 12.9.